The maximum atomic E-state index is 12.9. The standard InChI is InChI=1S/C27H27N3O4/c1-18(2)14-15-34-24-13-12-19(16-25(24)33-3)26(31)29-30-27(32)23-11-7-6-10-22(23)21-9-5-4-8-20(21)17-28/h4-13,16,18H,14-15H2,1-3H3,(H,29,31)(H,30,32). The zero-order valence-electron chi connectivity index (χ0n) is 19.4. The van der Waals surface area contributed by atoms with Gasteiger partial charge in [-0.1, -0.05) is 50.2 Å². The van der Waals surface area contributed by atoms with Crippen LogP contribution in [0.5, 0.6) is 11.5 Å². The Morgan fingerprint density at radius 1 is 0.912 bits per heavy atom. The number of hydrazine groups is 1. The van der Waals surface area contributed by atoms with Gasteiger partial charge >= 0.3 is 0 Å². The van der Waals surface area contributed by atoms with Gasteiger partial charge in [0.25, 0.3) is 11.8 Å². The number of nitrogens with one attached hydrogen (secondary N) is 2. The third kappa shape index (κ3) is 5.93. The topological polar surface area (TPSA) is 100 Å². The SMILES string of the molecule is COc1cc(C(=O)NNC(=O)c2ccccc2-c2ccccc2C#N)ccc1OCCC(C)C. The molecule has 0 aliphatic carbocycles. The van der Waals surface area contributed by atoms with E-state index in [4.69, 9.17) is 9.47 Å². The first-order chi connectivity index (χ1) is 16.4. The molecule has 0 atom stereocenters. The van der Waals surface area contributed by atoms with Crippen molar-refractivity contribution in [3.63, 3.8) is 0 Å². The summed E-state index contributed by atoms with van der Waals surface area (Å²) in [5.74, 6) is 0.487. The van der Waals surface area contributed by atoms with Crippen LogP contribution in [0, 0.1) is 17.2 Å². The summed E-state index contributed by atoms with van der Waals surface area (Å²) in [6.45, 7) is 4.77. The molecule has 7 heteroatoms. The van der Waals surface area contributed by atoms with Crippen LogP contribution in [0.4, 0.5) is 0 Å². The van der Waals surface area contributed by atoms with Crippen LogP contribution in [-0.2, 0) is 0 Å². The number of benzene rings is 3. The fourth-order valence-electron chi connectivity index (χ4n) is 3.32. The second-order valence-electron chi connectivity index (χ2n) is 8.01. The maximum absolute atomic E-state index is 12.9. The van der Waals surface area contributed by atoms with E-state index in [9.17, 15) is 14.9 Å². The lowest BCUT2D eigenvalue weighted by molar-refractivity contribution is 0.0847. The molecule has 0 aromatic heterocycles. The summed E-state index contributed by atoms with van der Waals surface area (Å²) in [4.78, 5) is 25.5. The van der Waals surface area contributed by atoms with Crippen LogP contribution in [-0.4, -0.2) is 25.5 Å². The van der Waals surface area contributed by atoms with Gasteiger partial charge in [-0.05, 0) is 48.2 Å². The third-order valence-electron chi connectivity index (χ3n) is 5.18. The van der Waals surface area contributed by atoms with Crippen LogP contribution in [0.15, 0.2) is 66.7 Å². The highest BCUT2D eigenvalue weighted by atomic mass is 16.5. The van der Waals surface area contributed by atoms with Gasteiger partial charge in [0.15, 0.2) is 11.5 Å². The molecule has 0 radical (unpaired) electrons. The van der Waals surface area contributed by atoms with Crippen molar-refractivity contribution in [3.05, 3.63) is 83.4 Å². The molecule has 2 N–H and O–H groups in total. The largest absolute Gasteiger partial charge is 0.493 e. The van der Waals surface area contributed by atoms with Crippen molar-refractivity contribution in [2.75, 3.05) is 13.7 Å². The van der Waals surface area contributed by atoms with Crippen molar-refractivity contribution >= 4 is 11.8 Å². The molecule has 0 spiro atoms. The Morgan fingerprint density at radius 2 is 1.59 bits per heavy atom. The lowest BCUT2D eigenvalue weighted by Crippen LogP contribution is -2.41. The Labute approximate surface area is 199 Å². The fraction of sp³-hybridized carbons (Fsp3) is 0.222. The van der Waals surface area contributed by atoms with E-state index in [-0.39, 0.29) is 0 Å². The molecule has 7 nitrogen and oxygen atoms in total. The molecular weight excluding hydrogens is 430 g/mol. The number of nitrogens with zero attached hydrogens (tertiary/aromatic N) is 1. The van der Waals surface area contributed by atoms with Gasteiger partial charge in [-0.15, -0.1) is 0 Å². The van der Waals surface area contributed by atoms with E-state index in [1.165, 1.54) is 7.11 Å². The highest BCUT2D eigenvalue weighted by molar-refractivity contribution is 6.03. The number of hydrogen-bond acceptors (Lipinski definition) is 5. The summed E-state index contributed by atoms with van der Waals surface area (Å²) in [5, 5.41) is 9.42. The zero-order chi connectivity index (χ0) is 24.5. The van der Waals surface area contributed by atoms with E-state index in [1.54, 1.807) is 66.7 Å². The van der Waals surface area contributed by atoms with Crippen LogP contribution < -0.4 is 20.3 Å². The van der Waals surface area contributed by atoms with E-state index in [0.29, 0.717) is 51.8 Å². The summed E-state index contributed by atoms with van der Waals surface area (Å²) < 4.78 is 11.1. The zero-order valence-corrected chi connectivity index (χ0v) is 19.4. The average molecular weight is 458 g/mol. The monoisotopic (exact) mass is 457 g/mol. The van der Waals surface area contributed by atoms with Crippen molar-refractivity contribution < 1.29 is 19.1 Å². The summed E-state index contributed by atoms with van der Waals surface area (Å²) in [5.41, 5.74) is 7.20. The number of hydrogen-bond donors (Lipinski definition) is 2. The van der Waals surface area contributed by atoms with Gasteiger partial charge < -0.3 is 9.47 Å². The van der Waals surface area contributed by atoms with Gasteiger partial charge in [-0.25, -0.2) is 0 Å². The number of amides is 2. The van der Waals surface area contributed by atoms with Crippen LogP contribution in [0.3, 0.4) is 0 Å². The number of methoxy groups -OCH3 is 1. The summed E-state index contributed by atoms with van der Waals surface area (Å²) >= 11 is 0. The van der Waals surface area contributed by atoms with Gasteiger partial charge in [-0.2, -0.15) is 5.26 Å². The maximum Gasteiger partial charge on any atom is 0.270 e. The molecule has 0 saturated heterocycles. The van der Waals surface area contributed by atoms with E-state index >= 15 is 0 Å². The Kier molecular flexibility index (Phi) is 8.25. The molecule has 174 valence electrons. The fourth-order valence-corrected chi connectivity index (χ4v) is 3.32. The van der Waals surface area contributed by atoms with E-state index in [1.807, 2.05) is 0 Å². The van der Waals surface area contributed by atoms with E-state index in [2.05, 4.69) is 30.8 Å². The summed E-state index contributed by atoms with van der Waals surface area (Å²) in [6, 6.07) is 20.9. The molecule has 34 heavy (non-hydrogen) atoms. The molecular formula is C27H27N3O4. The quantitative estimate of drug-likeness (QED) is 0.476. The van der Waals surface area contributed by atoms with Crippen LogP contribution in [0.1, 0.15) is 46.5 Å². The normalized spacial score (nSPS) is 10.3. The van der Waals surface area contributed by atoms with Crippen molar-refractivity contribution in [1.29, 1.82) is 5.26 Å². The number of carbonyl (C=O) groups is 2. The lowest BCUT2D eigenvalue weighted by Gasteiger charge is -2.14. The molecule has 0 aliphatic heterocycles. The van der Waals surface area contributed by atoms with E-state index in [0.717, 1.165) is 6.42 Å². The number of rotatable bonds is 8. The first kappa shape index (κ1) is 24.3. The molecule has 0 saturated carbocycles. The second kappa shape index (κ2) is 11.5. The second-order valence-corrected chi connectivity index (χ2v) is 8.01. The van der Waals surface area contributed by atoms with Gasteiger partial charge in [0.1, 0.15) is 0 Å². The average Bonchev–Trinajstić information content (AvgIpc) is 2.86. The lowest BCUT2D eigenvalue weighted by atomic mass is 9.95. The minimum absolute atomic E-state index is 0.302. The first-order valence-electron chi connectivity index (χ1n) is 10.9. The van der Waals surface area contributed by atoms with Crippen molar-refractivity contribution in [2.24, 2.45) is 5.92 Å². The summed E-state index contributed by atoms with van der Waals surface area (Å²) in [6.07, 6.45) is 0.901. The molecule has 0 heterocycles. The Hall–Kier alpha value is -4.31. The van der Waals surface area contributed by atoms with Crippen LogP contribution >= 0.6 is 0 Å². The molecule has 3 aromatic rings. The smallest absolute Gasteiger partial charge is 0.270 e. The number of ether oxygens (including phenoxy) is 2. The van der Waals surface area contributed by atoms with Crippen molar-refractivity contribution in [1.82, 2.24) is 10.9 Å². The molecule has 0 bridgehead atoms. The summed E-state index contributed by atoms with van der Waals surface area (Å²) in [7, 11) is 1.50. The highest BCUT2D eigenvalue weighted by Gasteiger charge is 2.17. The Bertz CT molecular complexity index is 1210. The minimum Gasteiger partial charge on any atom is -0.493 e. The van der Waals surface area contributed by atoms with Crippen LogP contribution in [0.25, 0.3) is 11.1 Å². The Morgan fingerprint density at radius 3 is 2.29 bits per heavy atom. The molecule has 2 amide bonds. The number of carbonyl (C=O) groups excluding carboxylic acids is 2. The van der Waals surface area contributed by atoms with Gasteiger partial charge in [0.2, 0.25) is 0 Å². The minimum atomic E-state index is -0.504. The van der Waals surface area contributed by atoms with Crippen molar-refractivity contribution in [2.45, 2.75) is 20.3 Å². The molecule has 3 rings (SSSR count). The van der Waals surface area contributed by atoms with Gasteiger partial charge in [0, 0.05) is 16.7 Å². The molecule has 3 aromatic carbocycles. The molecule has 0 unspecified atom stereocenters. The highest BCUT2D eigenvalue weighted by Crippen LogP contribution is 2.29. The predicted molar refractivity (Wildman–Crippen MR) is 129 cm³/mol. The third-order valence-corrected chi connectivity index (χ3v) is 5.18. The predicted octanol–water partition coefficient (Wildman–Crippen LogP) is 4.73. The van der Waals surface area contributed by atoms with Gasteiger partial charge in [-0.3, -0.25) is 20.4 Å². The van der Waals surface area contributed by atoms with Crippen LogP contribution in [0.2, 0.25) is 0 Å². The van der Waals surface area contributed by atoms with E-state index < -0.39 is 11.8 Å². The first-order valence-corrected chi connectivity index (χ1v) is 10.9. The van der Waals surface area contributed by atoms with Gasteiger partial charge in [0.05, 0.1) is 25.3 Å². The van der Waals surface area contributed by atoms with Crippen molar-refractivity contribution in [3.8, 4) is 28.7 Å². The Balaban J connectivity index is 1.71. The molecule has 0 aliphatic rings. The number of nitriles is 1. The molecule has 0 fully saturated rings.